The Morgan fingerprint density at radius 2 is 2.06 bits per heavy atom. The Kier molecular flexibility index (Phi) is 3.40. The third-order valence-electron chi connectivity index (χ3n) is 3.02. The lowest BCUT2D eigenvalue weighted by molar-refractivity contribution is -0.143. The second-order valence-corrected chi connectivity index (χ2v) is 6.68. The molecule has 1 aromatic heterocycles. The van der Waals surface area contributed by atoms with E-state index in [1.807, 2.05) is 0 Å². The molecule has 1 unspecified atom stereocenters. The molecule has 0 radical (unpaired) electrons. The molecule has 0 aromatic carbocycles. The highest BCUT2D eigenvalue weighted by Gasteiger charge is 2.33. The quantitative estimate of drug-likeness (QED) is 0.781. The zero-order chi connectivity index (χ0) is 13.3. The van der Waals surface area contributed by atoms with Gasteiger partial charge in [0, 0.05) is 31.9 Å². The highest BCUT2D eigenvalue weighted by atomic mass is 32.2. The number of carboxylic acid groups (broad SMARTS) is 1. The molecule has 1 saturated heterocycles. The lowest BCUT2D eigenvalue weighted by Gasteiger charge is -2.31. The van der Waals surface area contributed by atoms with E-state index in [9.17, 15) is 18.3 Å². The van der Waals surface area contributed by atoms with Crippen molar-refractivity contribution in [3.8, 4) is 0 Å². The van der Waals surface area contributed by atoms with Crippen LogP contribution >= 0.6 is 0 Å². The van der Waals surface area contributed by atoms with Crippen LogP contribution < -0.4 is 0 Å². The molecular weight excluding hydrogens is 258 g/mol. The van der Waals surface area contributed by atoms with E-state index < -0.39 is 21.8 Å². The number of rotatable bonds is 3. The Morgan fingerprint density at radius 1 is 1.44 bits per heavy atom. The average Bonchev–Trinajstić information content (AvgIpc) is 2.67. The fourth-order valence-electron chi connectivity index (χ4n) is 2.08. The first-order chi connectivity index (χ1) is 8.39. The number of hydrogen-bond acceptors (Lipinski definition) is 5. The molecule has 7 nitrogen and oxygen atoms in total. The zero-order valence-electron chi connectivity index (χ0n) is 9.98. The molecule has 0 bridgehead atoms. The maximum Gasteiger partial charge on any atom is 0.325 e. The lowest BCUT2D eigenvalue weighted by atomic mass is 10.1. The van der Waals surface area contributed by atoms with E-state index in [-0.39, 0.29) is 24.6 Å². The molecule has 2 rings (SSSR count). The first-order valence-electron chi connectivity index (χ1n) is 5.55. The van der Waals surface area contributed by atoms with Crippen molar-refractivity contribution in [2.24, 2.45) is 7.05 Å². The van der Waals surface area contributed by atoms with E-state index in [0.29, 0.717) is 5.56 Å². The molecule has 0 aliphatic carbocycles. The third-order valence-corrected chi connectivity index (χ3v) is 4.63. The fraction of sp³-hybridized carbons (Fsp3) is 0.600. The summed E-state index contributed by atoms with van der Waals surface area (Å²) >= 11 is 0. The summed E-state index contributed by atoms with van der Waals surface area (Å²) < 4.78 is 24.2. The molecule has 8 heteroatoms. The summed E-state index contributed by atoms with van der Waals surface area (Å²) in [6, 6.07) is -0.825. The molecule has 2 heterocycles. The molecule has 1 atom stereocenters. The summed E-state index contributed by atoms with van der Waals surface area (Å²) in [6.45, 7) is 0.488. The van der Waals surface area contributed by atoms with Crippen molar-refractivity contribution in [3.63, 3.8) is 0 Å². The summed E-state index contributed by atoms with van der Waals surface area (Å²) in [5, 5.41) is 13.2. The molecule has 1 aliphatic rings. The van der Waals surface area contributed by atoms with Gasteiger partial charge >= 0.3 is 5.97 Å². The second-order valence-electron chi connectivity index (χ2n) is 4.38. The summed E-state index contributed by atoms with van der Waals surface area (Å²) in [5.41, 5.74) is 0.573. The van der Waals surface area contributed by atoms with Gasteiger partial charge in [0.2, 0.25) is 0 Å². The van der Waals surface area contributed by atoms with Crippen molar-refractivity contribution in [2.75, 3.05) is 24.6 Å². The number of carbonyl (C=O) groups is 1. The van der Waals surface area contributed by atoms with Crippen LogP contribution in [0.5, 0.6) is 0 Å². The largest absolute Gasteiger partial charge is 0.480 e. The Hall–Kier alpha value is -1.41. The van der Waals surface area contributed by atoms with E-state index in [0.717, 1.165) is 0 Å². The van der Waals surface area contributed by atoms with Crippen LogP contribution in [-0.4, -0.2) is 58.8 Å². The van der Waals surface area contributed by atoms with Gasteiger partial charge in [-0.25, -0.2) is 8.42 Å². The number of aromatic nitrogens is 2. The third kappa shape index (κ3) is 2.70. The van der Waals surface area contributed by atoms with Gasteiger partial charge in [0.25, 0.3) is 0 Å². The Balaban J connectivity index is 2.20. The number of sulfone groups is 1. The van der Waals surface area contributed by atoms with Gasteiger partial charge < -0.3 is 5.11 Å². The molecule has 1 aromatic rings. The van der Waals surface area contributed by atoms with Crippen molar-refractivity contribution < 1.29 is 18.3 Å². The molecule has 18 heavy (non-hydrogen) atoms. The zero-order valence-corrected chi connectivity index (χ0v) is 10.8. The lowest BCUT2D eigenvalue weighted by Crippen LogP contribution is -2.44. The average molecular weight is 273 g/mol. The van der Waals surface area contributed by atoms with Gasteiger partial charge in [-0.2, -0.15) is 5.10 Å². The summed E-state index contributed by atoms with van der Waals surface area (Å²) in [6.07, 6.45) is 3.14. The smallest absolute Gasteiger partial charge is 0.325 e. The predicted octanol–water partition coefficient (Wildman–Crippen LogP) is -0.724. The van der Waals surface area contributed by atoms with E-state index in [4.69, 9.17) is 0 Å². The monoisotopic (exact) mass is 273 g/mol. The minimum absolute atomic E-state index is 0.0110. The minimum Gasteiger partial charge on any atom is -0.480 e. The molecule has 100 valence electrons. The Bertz CT molecular complexity index is 537. The van der Waals surface area contributed by atoms with Crippen molar-refractivity contribution in [2.45, 2.75) is 6.04 Å². The van der Waals surface area contributed by atoms with E-state index >= 15 is 0 Å². The van der Waals surface area contributed by atoms with Gasteiger partial charge in [-0.1, -0.05) is 0 Å². The fourth-order valence-corrected chi connectivity index (χ4v) is 3.31. The molecule has 1 N–H and O–H groups in total. The molecular formula is C10H15N3O4S. The maximum absolute atomic E-state index is 11.3. The van der Waals surface area contributed by atoms with Crippen LogP contribution in [0.25, 0.3) is 0 Å². The molecule has 0 saturated carbocycles. The van der Waals surface area contributed by atoms with Crippen LogP contribution in [0.4, 0.5) is 0 Å². The van der Waals surface area contributed by atoms with E-state index in [2.05, 4.69) is 5.10 Å². The number of hydrogen-bond donors (Lipinski definition) is 1. The van der Waals surface area contributed by atoms with Crippen LogP contribution in [0, 0.1) is 0 Å². The van der Waals surface area contributed by atoms with Crippen LogP contribution in [0.3, 0.4) is 0 Å². The summed E-state index contributed by atoms with van der Waals surface area (Å²) in [5.74, 6) is -0.962. The van der Waals surface area contributed by atoms with Crippen molar-refractivity contribution in [1.29, 1.82) is 0 Å². The summed E-state index contributed by atoms with van der Waals surface area (Å²) in [4.78, 5) is 13.0. The maximum atomic E-state index is 11.3. The number of carboxylic acids is 1. The SMILES string of the molecule is Cn1cc(C(C(=O)O)N2CCS(=O)(=O)CC2)cn1. The van der Waals surface area contributed by atoms with Crippen LogP contribution in [-0.2, 0) is 21.7 Å². The molecule has 0 spiro atoms. The van der Waals surface area contributed by atoms with E-state index in [1.54, 1.807) is 18.1 Å². The minimum atomic E-state index is -3.01. The van der Waals surface area contributed by atoms with Crippen molar-refractivity contribution in [3.05, 3.63) is 18.0 Å². The van der Waals surface area contributed by atoms with Gasteiger partial charge in [-0.3, -0.25) is 14.4 Å². The van der Waals surface area contributed by atoms with Gasteiger partial charge in [0.05, 0.1) is 17.7 Å². The number of aryl methyl sites for hydroxylation is 1. The van der Waals surface area contributed by atoms with Gasteiger partial charge in [-0.05, 0) is 0 Å². The highest BCUT2D eigenvalue weighted by molar-refractivity contribution is 7.91. The highest BCUT2D eigenvalue weighted by Crippen LogP contribution is 2.22. The van der Waals surface area contributed by atoms with E-state index in [1.165, 1.54) is 10.9 Å². The molecule has 1 aliphatic heterocycles. The topological polar surface area (TPSA) is 92.5 Å². The van der Waals surface area contributed by atoms with Crippen LogP contribution in [0.15, 0.2) is 12.4 Å². The first-order valence-corrected chi connectivity index (χ1v) is 7.37. The predicted molar refractivity (Wildman–Crippen MR) is 63.8 cm³/mol. The van der Waals surface area contributed by atoms with Crippen LogP contribution in [0.1, 0.15) is 11.6 Å². The number of aliphatic carboxylic acids is 1. The molecule has 0 amide bonds. The standard InChI is InChI=1S/C10H15N3O4S/c1-12-7-8(6-11-12)9(10(14)15)13-2-4-18(16,17)5-3-13/h6-7,9H,2-5H2,1H3,(H,14,15). The summed E-state index contributed by atoms with van der Waals surface area (Å²) in [7, 11) is -1.30. The van der Waals surface area contributed by atoms with Gasteiger partial charge in [0.1, 0.15) is 6.04 Å². The van der Waals surface area contributed by atoms with Crippen molar-refractivity contribution >= 4 is 15.8 Å². The number of nitrogens with zero attached hydrogens (tertiary/aromatic N) is 3. The van der Waals surface area contributed by atoms with Crippen molar-refractivity contribution in [1.82, 2.24) is 14.7 Å². The van der Waals surface area contributed by atoms with Crippen LogP contribution in [0.2, 0.25) is 0 Å². The Labute approximate surface area is 105 Å². The Morgan fingerprint density at radius 3 is 2.50 bits per heavy atom. The van der Waals surface area contributed by atoms with Gasteiger partial charge in [-0.15, -0.1) is 0 Å². The molecule has 1 fully saturated rings. The second kappa shape index (κ2) is 4.69. The normalized spacial score (nSPS) is 21.6. The van der Waals surface area contributed by atoms with Gasteiger partial charge in [0.15, 0.2) is 9.84 Å². The first kappa shape index (κ1) is 13.0.